The molecule has 34 heteroatoms. The lowest BCUT2D eigenvalue weighted by molar-refractivity contribution is -0.615. The molecule has 12 aromatic rings. The van der Waals surface area contributed by atoms with Crippen LogP contribution in [0, 0.1) is 65.8 Å². The number of fused-ring (bicyclic) bond motifs is 4. The summed E-state index contributed by atoms with van der Waals surface area (Å²) in [5.41, 5.74) is 38.6. The molecule has 516 valence electrons. The standard InChI is InChI=1S/C16H18BrClN6O.C16H18BrClN6.C16H18Cl2N6O.C16H18Cl2N6/c1-7(2)13-11-14(18)20-16(19)21-15(11)23(22-13)6-10-9(4)12(17)8(3)5-24(10)25;1-7(2)13-11-14(18)21-16(19)22-15(11)24(23-13)6-10-9(4)12(17)8(3)5-20-10;1-7(2)13-11-14(18)20-16(19)21-15(11)23(22-13)6-10-9(4)12(17)8(3)5-24(10)25;1-7(2)13-11-14(18)21-16(19)22-15(11)24(23-13)6-10-9(4)12(17)8(3)5-20-10/h5,7H,6H2,1-4H3,(H2,19,20,21);5,7H,6H2,1-4H3,(H2,19,21,22);5,7H,6H2,1-4H3,(H2,19,20,21);5,7H,6H2,1-4H3,(H2,19,21,22). The molecule has 0 unspecified atom stereocenters. The molecule has 0 radical (unpaired) electrons. The minimum Gasteiger partial charge on any atom is -0.618 e. The molecule has 26 nitrogen and oxygen atoms in total. The highest BCUT2D eigenvalue weighted by atomic mass is 79.9. The van der Waals surface area contributed by atoms with Crippen molar-refractivity contribution in [2.75, 3.05) is 22.9 Å². The van der Waals surface area contributed by atoms with Gasteiger partial charge in [-0.15, -0.1) is 0 Å². The van der Waals surface area contributed by atoms with E-state index in [0.717, 1.165) is 102 Å². The third kappa shape index (κ3) is 15.2. The first-order chi connectivity index (χ1) is 46.0. The Labute approximate surface area is 611 Å². The molecule has 0 bridgehead atoms. The van der Waals surface area contributed by atoms with E-state index in [0.29, 0.717) is 83.8 Å². The summed E-state index contributed by atoms with van der Waals surface area (Å²) < 4.78 is 10.5. The molecule has 0 saturated carbocycles. The Morgan fingerprint density at radius 2 is 0.673 bits per heavy atom. The van der Waals surface area contributed by atoms with E-state index in [9.17, 15) is 10.4 Å². The first kappa shape index (κ1) is 74.5. The predicted molar refractivity (Wildman–Crippen MR) is 394 cm³/mol. The van der Waals surface area contributed by atoms with Crippen molar-refractivity contribution in [1.29, 1.82) is 0 Å². The molecule has 12 rings (SSSR count). The van der Waals surface area contributed by atoms with Gasteiger partial charge in [0.05, 0.1) is 73.8 Å². The molecule has 0 aliphatic heterocycles. The van der Waals surface area contributed by atoms with Crippen molar-refractivity contribution < 1.29 is 9.46 Å². The van der Waals surface area contributed by atoms with Crippen molar-refractivity contribution in [1.82, 2.24) is 89.0 Å². The number of pyridine rings is 4. The molecule has 12 aromatic heterocycles. The molecule has 8 N–H and O–H groups in total. The number of nitrogens with two attached hydrogens (primary N) is 4. The van der Waals surface area contributed by atoms with Crippen LogP contribution in [0.2, 0.25) is 30.7 Å². The van der Waals surface area contributed by atoms with Crippen LogP contribution in [0.4, 0.5) is 23.8 Å². The molecular formula is C64H72Br2Cl6N24O2. The fraction of sp³-hybridized carbons (Fsp3) is 0.375. The van der Waals surface area contributed by atoms with Gasteiger partial charge in [0.2, 0.25) is 35.2 Å². The predicted octanol–water partition coefficient (Wildman–Crippen LogP) is 14.3. The molecule has 0 spiro atoms. The van der Waals surface area contributed by atoms with Gasteiger partial charge < -0.3 is 33.3 Å². The van der Waals surface area contributed by atoms with E-state index in [4.69, 9.17) is 97.6 Å². The van der Waals surface area contributed by atoms with Crippen molar-refractivity contribution in [3.05, 3.63) is 165 Å². The third-order valence-electron chi connectivity index (χ3n) is 16.2. The highest BCUT2D eigenvalue weighted by molar-refractivity contribution is 9.11. The van der Waals surface area contributed by atoms with Crippen LogP contribution >= 0.6 is 101 Å². The maximum Gasteiger partial charge on any atom is 0.223 e. The maximum absolute atomic E-state index is 12.4. The quantitative estimate of drug-likeness (QED) is 0.0501. The van der Waals surface area contributed by atoms with Crippen molar-refractivity contribution >= 4 is 169 Å². The Morgan fingerprint density at radius 3 is 1.02 bits per heavy atom. The number of aryl methyl sites for hydroxylation is 4. The molecule has 0 fully saturated rings. The van der Waals surface area contributed by atoms with Gasteiger partial charge in [0, 0.05) is 48.6 Å². The second-order valence-electron chi connectivity index (χ2n) is 24.8. The van der Waals surface area contributed by atoms with E-state index in [1.54, 1.807) is 31.8 Å². The number of anilines is 4. The van der Waals surface area contributed by atoms with Crippen molar-refractivity contribution in [2.24, 2.45) is 0 Å². The zero-order valence-corrected chi connectivity index (χ0v) is 64.2. The Morgan fingerprint density at radius 1 is 0.388 bits per heavy atom. The Kier molecular flexibility index (Phi) is 22.8. The molecular weight excluding hydrogens is 1510 g/mol. The fourth-order valence-corrected chi connectivity index (χ4v) is 13.0. The molecule has 0 aliphatic rings. The van der Waals surface area contributed by atoms with Crippen LogP contribution < -0.4 is 32.4 Å². The molecule has 0 aromatic carbocycles. The fourth-order valence-electron chi connectivity index (χ4n) is 10.9. The van der Waals surface area contributed by atoms with E-state index in [-0.39, 0.29) is 70.9 Å². The summed E-state index contributed by atoms with van der Waals surface area (Å²) >= 11 is 44.9. The molecule has 0 aliphatic carbocycles. The van der Waals surface area contributed by atoms with Crippen molar-refractivity contribution in [3.63, 3.8) is 0 Å². The van der Waals surface area contributed by atoms with Gasteiger partial charge in [-0.05, 0) is 117 Å². The normalized spacial score (nSPS) is 11.6. The van der Waals surface area contributed by atoms with Crippen LogP contribution in [0.25, 0.3) is 44.1 Å². The SMILES string of the molecule is Cc1c[n+]([O-])c(Cn2nc(C(C)C)c3c(Cl)nc(N)nc32)c(C)c1Br.Cc1c[n+]([O-])c(Cn2nc(C(C)C)c3c(Cl)nc(N)nc32)c(C)c1Cl.Cc1cnc(Cn2nc(C(C)C)c3c(Cl)nc(N)nc32)c(C)c1Br.Cc1cnc(Cn2nc(C(C)C)c3c(Cl)nc(N)nc32)c(C)c1Cl. The summed E-state index contributed by atoms with van der Waals surface area (Å²) in [7, 11) is 0. The number of halogens is 8. The first-order valence-corrected chi connectivity index (χ1v) is 34.6. The van der Waals surface area contributed by atoms with Crippen LogP contribution in [0.3, 0.4) is 0 Å². The highest BCUT2D eigenvalue weighted by Gasteiger charge is 2.28. The average Bonchev–Trinajstić information content (AvgIpc) is 1.63. The second-order valence-corrected chi connectivity index (χ2v) is 28.6. The lowest BCUT2D eigenvalue weighted by atomic mass is 10.1. The summed E-state index contributed by atoms with van der Waals surface area (Å²) in [6, 6.07) is 0. The van der Waals surface area contributed by atoms with Gasteiger partial charge in [0.25, 0.3) is 0 Å². The van der Waals surface area contributed by atoms with Crippen molar-refractivity contribution in [3.8, 4) is 0 Å². The van der Waals surface area contributed by atoms with Crippen molar-refractivity contribution in [2.45, 2.75) is 161 Å². The van der Waals surface area contributed by atoms with Gasteiger partial charge in [-0.1, -0.05) is 141 Å². The minimum atomic E-state index is 0.0580. The number of hydrogen-bond donors (Lipinski definition) is 4. The highest BCUT2D eigenvalue weighted by Crippen LogP contribution is 2.36. The minimum absolute atomic E-state index is 0.0580. The smallest absolute Gasteiger partial charge is 0.223 e. The number of nitrogens with zero attached hydrogens (tertiary/aromatic N) is 20. The Bertz CT molecular complexity index is 4780. The van der Waals surface area contributed by atoms with Crippen LogP contribution in [-0.2, 0) is 26.2 Å². The van der Waals surface area contributed by atoms with E-state index in [2.05, 4.69) is 111 Å². The van der Waals surface area contributed by atoms with E-state index in [1.165, 1.54) is 12.4 Å². The number of nitrogen functional groups attached to an aromatic ring is 4. The van der Waals surface area contributed by atoms with Gasteiger partial charge in [0.15, 0.2) is 35.0 Å². The summed E-state index contributed by atoms with van der Waals surface area (Å²) in [6.07, 6.45) is 6.60. The zero-order chi connectivity index (χ0) is 72.1. The molecule has 12 heterocycles. The molecule has 98 heavy (non-hydrogen) atoms. The topological polar surface area (TPSA) is 358 Å². The van der Waals surface area contributed by atoms with Gasteiger partial charge in [-0.25, -0.2) is 38.7 Å². The first-order valence-electron chi connectivity index (χ1n) is 30.7. The maximum atomic E-state index is 12.4. The van der Waals surface area contributed by atoms with Crippen LogP contribution in [0.15, 0.2) is 33.7 Å². The number of rotatable bonds is 12. The van der Waals surface area contributed by atoms with Crippen LogP contribution in [-0.4, -0.2) is 89.0 Å². The summed E-state index contributed by atoms with van der Waals surface area (Å²) in [5, 5.41) is 48.6. The Balaban J connectivity index is 0.000000153. The van der Waals surface area contributed by atoms with Gasteiger partial charge in [0.1, 0.15) is 33.7 Å². The largest absolute Gasteiger partial charge is 0.618 e. The molecule has 0 saturated heterocycles. The lowest BCUT2D eigenvalue weighted by Crippen LogP contribution is -2.35. The monoisotopic (exact) mass is 1580 g/mol. The van der Waals surface area contributed by atoms with Crippen LogP contribution in [0.5, 0.6) is 0 Å². The summed E-state index contributed by atoms with van der Waals surface area (Å²) in [4.78, 5) is 42.4. The van der Waals surface area contributed by atoms with Gasteiger partial charge in [-0.3, -0.25) is 9.97 Å². The number of hydrogen-bond acceptors (Lipinski definition) is 20. The van der Waals surface area contributed by atoms with E-state index < -0.39 is 0 Å². The van der Waals surface area contributed by atoms with Gasteiger partial charge >= 0.3 is 0 Å². The van der Waals surface area contributed by atoms with E-state index >= 15 is 0 Å². The van der Waals surface area contributed by atoms with E-state index in [1.807, 2.05) is 96.2 Å². The Hall–Kier alpha value is -7.70. The number of aromatic nitrogens is 20. The second kappa shape index (κ2) is 30.0. The average molecular weight is 1580 g/mol. The third-order valence-corrected chi connectivity index (χ3v) is 20.9. The summed E-state index contributed by atoms with van der Waals surface area (Å²) in [6.45, 7) is 32.9. The molecule has 0 amide bonds. The summed E-state index contributed by atoms with van der Waals surface area (Å²) in [5.74, 6) is 0.989. The van der Waals surface area contributed by atoms with Gasteiger partial charge in [-0.2, -0.15) is 49.8 Å². The zero-order valence-electron chi connectivity index (χ0n) is 56.5. The van der Waals surface area contributed by atoms with Crippen LogP contribution in [0.1, 0.15) is 169 Å². The molecule has 0 atom stereocenters. The lowest BCUT2D eigenvalue weighted by Gasteiger charge is -2.11.